The van der Waals surface area contributed by atoms with Crippen molar-refractivity contribution in [2.24, 2.45) is 0 Å². The Morgan fingerprint density at radius 2 is 2.13 bits per heavy atom. The molecule has 0 bridgehead atoms. The van der Waals surface area contributed by atoms with Crippen molar-refractivity contribution >= 4 is 11.3 Å². The minimum absolute atomic E-state index is 0.175. The third-order valence-electron chi connectivity index (χ3n) is 3.29. The normalized spacial score (nSPS) is 11.8. The van der Waals surface area contributed by atoms with Crippen LogP contribution in [0.25, 0.3) is 10.7 Å². The average Bonchev–Trinajstić information content (AvgIpc) is 3.24. The SMILES string of the molecule is N#Cc1ccc(OC[C@@H](O)Cn2ccnc2-c2cccs2)cc1. The lowest BCUT2D eigenvalue weighted by Crippen LogP contribution is -2.23. The number of rotatable bonds is 6. The maximum Gasteiger partial charge on any atom is 0.150 e. The van der Waals surface area contributed by atoms with Crippen molar-refractivity contribution in [3.8, 4) is 22.5 Å². The van der Waals surface area contributed by atoms with Crippen LogP contribution in [0.5, 0.6) is 5.75 Å². The highest BCUT2D eigenvalue weighted by Crippen LogP contribution is 2.23. The smallest absolute Gasteiger partial charge is 0.150 e. The van der Waals surface area contributed by atoms with Gasteiger partial charge in [-0.1, -0.05) is 6.07 Å². The van der Waals surface area contributed by atoms with E-state index in [0.29, 0.717) is 17.9 Å². The Hall–Kier alpha value is -2.62. The van der Waals surface area contributed by atoms with Crippen molar-refractivity contribution in [1.82, 2.24) is 9.55 Å². The van der Waals surface area contributed by atoms with Gasteiger partial charge < -0.3 is 14.4 Å². The Morgan fingerprint density at radius 1 is 1.30 bits per heavy atom. The molecule has 5 nitrogen and oxygen atoms in total. The molecule has 6 heteroatoms. The number of hydrogen-bond donors (Lipinski definition) is 1. The van der Waals surface area contributed by atoms with Gasteiger partial charge in [0.05, 0.1) is 23.1 Å². The molecule has 1 aromatic carbocycles. The predicted molar refractivity (Wildman–Crippen MR) is 88.2 cm³/mol. The Morgan fingerprint density at radius 3 is 2.83 bits per heavy atom. The minimum Gasteiger partial charge on any atom is -0.491 e. The van der Waals surface area contributed by atoms with Crippen LogP contribution in [0.1, 0.15) is 5.56 Å². The van der Waals surface area contributed by atoms with Gasteiger partial charge >= 0.3 is 0 Å². The number of thiophene rings is 1. The summed E-state index contributed by atoms with van der Waals surface area (Å²) in [6, 6.07) is 12.9. The van der Waals surface area contributed by atoms with E-state index in [1.165, 1.54) is 0 Å². The molecule has 0 fully saturated rings. The van der Waals surface area contributed by atoms with Gasteiger partial charge in [0.1, 0.15) is 24.3 Å². The van der Waals surface area contributed by atoms with Gasteiger partial charge in [0.15, 0.2) is 0 Å². The summed E-state index contributed by atoms with van der Waals surface area (Å²) in [6.07, 6.45) is 2.92. The number of ether oxygens (including phenoxy) is 1. The fourth-order valence-corrected chi connectivity index (χ4v) is 2.92. The lowest BCUT2D eigenvalue weighted by atomic mass is 10.2. The fourth-order valence-electron chi connectivity index (χ4n) is 2.19. The number of nitrogens with zero attached hydrogens (tertiary/aromatic N) is 3. The van der Waals surface area contributed by atoms with Crippen molar-refractivity contribution in [3.63, 3.8) is 0 Å². The number of aromatic nitrogens is 2. The van der Waals surface area contributed by atoms with E-state index in [1.807, 2.05) is 28.3 Å². The Labute approximate surface area is 138 Å². The van der Waals surface area contributed by atoms with E-state index in [1.54, 1.807) is 41.8 Å². The largest absolute Gasteiger partial charge is 0.491 e. The molecule has 2 aromatic heterocycles. The second-order valence-electron chi connectivity index (χ2n) is 4.98. The summed E-state index contributed by atoms with van der Waals surface area (Å²) in [6.45, 7) is 0.581. The summed E-state index contributed by atoms with van der Waals surface area (Å²) in [5.74, 6) is 1.48. The van der Waals surface area contributed by atoms with E-state index in [0.717, 1.165) is 10.7 Å². The molecule has 23 heavy (non-hydrogen) atoms. The van der Waals surface area contributed by atoms with Gasteiger partial charge in [-0.2, -0.15) is 5.26 Å². The molecule has 0 radical (unpaired) electrons. The van der Waals surface area contributed by atoms with Gasteiger partial charge in [-0.3, -0.25) is 0 Å². The van der Waals surface area contributed by atoms with Crippen LogP contribution >= 0.6 is 11.3 Å². The first kappa shape index (κ1) is 15.3. The molecular weight excluding hydrogens is 310 g/mol. The molecule has 1 N–H and O–H groups in total. The summed E-state index contributed by atoms with van der Waals surface area (Å²) in [7, 11) is 0. The zero-order valence-electron chi connectivity index (χ0n) is 12.3. The van der Waals surface area contributed by atoms with Gasteiger partial charge in [0.2, 0.25) is 0 Å². The van der Waals surface area contributed by atoms with Crippen LogP contribution in [-0.2, 0) is 6.54 Å². The number of aliphatic hydroxyl groups excluding tert-OH is 1. The summed E-state index contributed by atoms with van der Waals surface area (Å²) < 4.78 is 7.47. The van der Waals surface area contributed by atoms with Crippen LogP contribution in [0.15, 0.2) is 54.2 Å². The highest BCUT2D eigenvalue weighted by Gasteiger charge is 2.12. The Balaban J connectivity index is 1.58. The number of benzene rings is 1. The molecule has 0 aliphatic heterocycles. The molecule has 3 aromatic rings. The van der Waals surface area contributed by atoms with Crippen molar-refractivity contribution in [1.29, 1.82) is 5.26 Å². The molecule has 0 unspecified atom stereocenters. The first-order chi connectivity index (χ1) is 11.3. The molecule has 3 rings (SSSR count). The standard InChI is InChI=1S/C17H15N3O2S/c18-10-13-3-5-15(6-4-13)22-12-14(21)11-20-8-7-19-17(20)16-2-1-9-23-16/h1-9,14,21H,11-12H2/t14-/m0/s1. The topological polar surface area (TPSA) is 71.1 Å². The molecule has 0 saturated carbocycles. The van der Waals surface area contributed by atoms with E-state index in [4.69, 9.17) is 10.00 Å². The Bertz CT molecular complexity index is 788. The zero-order valence-corrected chi connectivity index (χ0v) is 13.1. The second kappa shape index (κ2) is 7.09. The molecule has 1 atom stereocenters. The molecule has 0 aliphatic rings. The minimum atomic E-state index is -0.654. The van der Waals surface area contributed by atoms with Crippen LogP contribution in [0.4, 0.5) is 0 Å². The molecule has 0 saturated heterocycles. The lowest BCUT2D eigenvalue weighted by Gasteiger charge is -2.14. The van der Waals surface area contributed by atoms with E-state index in [9.17, 15) is 5.11 Å². The van der Waals surface area contributed by atoms with Crippen LogP contribution < -0.4 is 4.74 Å². The maximum atomic E-state index is 10.2. The molecule has 0 amide bonds. The zero-order chi connectivity index (χ0) is 16.1. The molecule has 116 valence electrons. The lowest BCUT2D eigenvalue weighted by molar-refractivity contribution is 0.0929. The number of imidazole rings is 1. The fraction of sp³-hybridized carbons (Fsp3) is 0.176. The van der Waals surface area contributed by atoms with Crippen LogP contribution in [0, 0.1) is 11.3 Å². The molecule has 2 heterocycles. The monoisotopic (exact) mass is 325 g/mol. The van der Waals surface area contributed by atoms with E-state index >= 15 is 0 Å². The van der Waals surface area contributed by atoms with Gasteiger partial charge in [-0.25, -0.2) is 4.98 Å². The molecule has 0 spiro atoms. The number of hydrogen-bond acceptors (Lipinski definition) is 5. The van der Waals surface area contributed by atoms with Gasteiger partial charge in [0.25, 0.3) is 0 Å². The van der Waals surface area contributed by atoms with Crippen molar-refractivity contribution in [3.05, 3.63) is 59.7 Å². The summed E-state index contributed by atoms with van der Waals surface area (Å²) in [4.78, 5) is 5.40. The highest BCUT2D eigenvalue weighted by molar-refractivity contribution is 7.13. The van der Waals surface area contributed by atoms with Crippen LogP contribution in [0.3, 0.4) is 0 Å². The second-order valence-corrected chi connectivity index (χ2v) is 5.93. The Kier molecular flexibility index (Phi) is 4.71. The summed E-state index contributed by atoms with van der Waals surface area (Å²) in [5, 5.41) is 20.9. The summed E-state index contributed by atoms with van der Waals surface area (Å²) in [5.41, 5.74) is 0.580. The molecular formula is C17H15N3O2S. The quantitative estimate of drug-likeness (QED) is 0.756. The summed E-state index contributed by atoms with van der Waals surface area (Å²) >= 11 is 1.61. The van der Waals surface area contributed by atoms with E-state index in [2.05, 4.69) is 11.1 Å². The van der Waals surface area contributed by atoms with Crippen molar-refractivity contribution in [2.45, 2.75) is 12.6 Å². The maximum absolute atomic E-state index is 10.2. The van der Waals surface area contributed by atoms with Crippen LogP contribution in [0.2, 0.25) is 0 Å². The predicted octanol–water partition coefficient (Wildman–Crippen LogP) is 2.92. The van der Waals surface area contributed by atoms with E-state index in [-0.39, 0.29) is 6.61 Å². The highest BCUT2D eigenvalue weighted by atomic mass is 32.1. The van der Waals surface area contributed by atoms with Gasteiger partial charge in [-0.05, 0) is 35.7 Å². The number of nitriles is 1. The number of aliphatic hydroxyl groups is 1. The van der Waals surface area contributed by atoms with E-state index < -0.39 is 6.10 Å². The van der Waals surface area contributed by atoms with Crippen molar-refractivity contribution in [2.75, 3.05) is 6.61 Å². The third kappa shape index (κ3) is 3.77. The third-order valence-corrected chi connectivity index (χ3v) is 4.16. The molecule has 0 aliphatic carbocycles. The van der Waals surface area contributed by atoms with Crippen LogP contribution in [-0.4, -0.2) is 27.4 Å². The first-order valence-corrected chi connectivity index (χ1v) is 8.00. The van der Waals surface area contributed by atoms with Crippen molar-refractivity contribution < 1.29 is 9.84 Å². The average molecular weight is 325 g/mol. The first-order valence-electron chi connectivity index (χ1n) is 7.12. The van der Waals surface area contributed by atoms with Gasteiger partial charge in [0, 0.05) is 12.4 Å². The van der Waals surface area contributed by atoms with Gasteiger partial charge in [-0.15, -0.1) is 11.3 Å².